The highest BCUT2D eigenvalue weighted by Crippen LogP contribution is 2.40. The van der Waals surface area contributed by atoms with E-state index in [0.29, 0.717) is 41.2 Å². The maximum absolute atomic E-state index is 16.2. The number of halogens is 1. The summed E-state index contributed by atoms with van der Waals surface area (Å²) in [4.78, 5) is 18.9. The Bertz CT molecular complexity index is 1310. The van der Waals surface area contributed by atoms with Gasteiger partial charge in [0, 0.05) is 36.9 Å². The highest BCUT2D eigenvalue weighted by Gasteiger charge is 2.45. The molecule has 0 spiro atoms. The largest absolute Gasteiger partial charge is 0.496 e. The van der Waals surface area contributed by atoms with Crippen molar-refractivity contribution in [3.63, 3.8) is 0 Å². The predicted octanol–water partition coefficient (Wildman–Crippen LogP) is 3.79. The van der Waals surface area contributed by atoms with Crippen LogP contribution in [0.25, 0.3) is 22.2 Å². The molecule has 9 heteroatoms. The summed E-state index contributed by atoms with van der Waals surface area (Å²) in [5.41, 5.74) is 1.12. The van der Waals surface area contributed by atoms with E-state index in [1.807, 2.05) is 24.3 Å². The van der Waals surface area contributed by atoms with Gasteiger partial charge in [0.05, 0.1) is 18.0 Å². The summed E-state index contributed by atoms with van der Waals surface area (Å²) < 4.78 is 28.0. The van der Waals surface area contributed by atoms with E-state index in [-0.39, 0.29) is 22.8 Å². The molecule has 4 aliphatic heterocycles. The van der Waals surface area contributed by atoms with Crippen LogP contribution in [0.2, 0.25) is 0 Å². The molecule has 2 unspecified atom stereocenters. The quantitative estimate of drug-likeness (QED) is 0.544. The first-order valence-corrected chi connectivity index (χ1v) is 13.5. The standard InChI is InChI=1S/C28H33FN6O2/c1-36-22-7-3-2-6-20(22)24-23(29)25-21(14-30-24)26(34-15-18-8-9-19(16-34)31-18)33-27(32-25)37-17-28-10-4-12-35(28)13-5-11-28/h2-3,6-7,14,18-19,31H,4-5,8-13,15-17H2,1H3. The molecule has 0 saturated carbocycles. The number of piperazine rings is 1. The van der Waals surface area contributed by atoms with Crippen LogP contribution in [0.15, 0.2) is 30.5 Å². The third-order valence-electron chi connectivity index (χ3n) is 8.80. The molecule has 4 saturated heterocycles. The summed E-state index contributed by atoms with van der Waals surface area (Å²) in [5, 5.41) is 4.29. The molecule has 37 heavy (non-hydrogen) atoms. The molecule has 4 aliphatic rings. The SMILES string of the molecule is COc1ccccc1-c1ncc2c(N3CC4CCC(C3)N4)nc(OCC34CCCN3CCC4)nc2c1F. The van der Waals surface area contributed by atoms with Gasteiger partial charge in [-0.05, 0) is 63.7 Å². The molecule has 6 heterocycles. The number of para-hydroxylation sites is 1. The summed E-state index contributed by atoms with van der Waals surface area (Å²) in [5.74, 6) is 0.804. The molecule has 2 aromatic heterocycles. The van der Waals surface area contributed by atoms with Crippen molar-refractivity contribution >= 4 is 16.7 Å². The summed E-state index contributed by atoms with van der Waals surface area (Å²) in [7, 11) is 1.58. The topological polar surface area (TPSA) is 75.6 Å². The second-order valence-electron chi connectivity index (χ2n) is 11.0. The molecule has 7 rings (SSSR count). The number of nitrogens with zero attached hydrogens (tertiary/aromatic N) is 5. The van der Waals surface area contributed by atoms with Crippen LogP contribution in [-0.2, 0) is 0 Å². The molecule has 1 aromatic carbocycles. The fraction of sp³-hybridized carbons (Fsp3) is 0.536. The van der Waals surface area contributed by atoms with E-state index in [1.54, 1.807) is 13.3 Å². The van der Waals surface area contributed by atoms with Crippen LogP contribution in [0.1, 0.15) is 38.5 Å². The van der Waals surface area contributed by atoms with E-state index < -0.39 is 5.82 Å². The first-order valence-electron chi connectivity index (χ1n) is 13.5. The van der Waals surface area contributed by atoms with E-state index in [9.17, 15) is 0 Å². The van der Waals surface area contributed by atoms with Gasteiger partial charge in [0.15, 0.2) is 5.82 Å². The molecule has 4 fully saturated rings. The smallest absolute Gasteiger partial charge is 0.319 e. The molecule has 194 valence electrons. The van der Waals surface area contributed by atoms with Crippen molar-refractivity contribution in [2.75, 3.05) is 44.8 Å². The Labute approximate surface area is 216 Å². The second kappa shape index (κ2) is 9.06. The third-order valence-corrected chi connectivity index (χ3v) is 8.80. The lowest BCUT2D eigenvalue weighted by molar-refractivity contribution is 0.108. The number of methoxy groups -OCH3 is 1. The lowest BCUT2D eigenvalue weighted by Gasteiger charge is -2.34. The van der Waals surface area contributed by atoms with Crippen LogP contribution in [0.3, 0.4) is 0 Å². The number of nitrogens with one attached hydrogen (secondary N) is 1. The average molecular weight is 505 g/mol. The lowest BCUT2D eigenvalue weighted by Crippen LogP contribution is -2.51. The van der Waals surface area contributed by atoms with Crippen LogP contribution in [0.4, 0.5) is 10.2 Å². The number of pyridine rings is 1. The van der Waals surface area contributed by atoms with Gasteiger partial charge in [-0.2, -0.15) is 9.97 Å². The van der Waals surface area contributed by atoms with Gasteiger partial charge in [0.25, 0.3) is 0 Å². The van der Waals surface area contributed by atoms with E-state index in [4.69, 9.17) is 14.5 Å². The van der Waals surface area contributed by atoms with Crippen molar-refractivity contribution in [3.8, 4) is 23.0 Å². The Morgan fingerprint density at radius 1 is 1.08 bits per heavy atom. The van der Waals surface area contributed by atoms with Gasteiger partial charge in [0.1, 0.15) is 29.4 Å². The fourth-order valence-electron chi connectivity index (χ4n) is 6.99. The van der Waals surface area contributed by atoms with Gasteiger partial charge in [-0.1, -0.05) is 12.1 Å². The molecule has 0 radical (unpaired) electrons. The van der Waals surface area contributed by atoms with Gasteiger partial charge in [0.2, 0.25) is 0 Å². The first-order chi connectivity index (χ1) is 18.1. The van der Waals surface area contributed by atoms with Crippen molar-refractivity contribution in [1.82, 2.24) is 25.2 Å². The molecule has 2 bridgehead atoms. The Morgan fingerprint density at radius 2 is 1.84 bits per heavy atom. The van der Waals surface area contributed by atoms with Crippen LogP contribution < -0.4 is 19.7 Å². The highest BCUT2D eigenvalue weighted by molar-refractivity contribution is 5.92. The van der Waals surface area contributed by atoms with E-state index in [2.05, 4.69) is 25.1 Å². The first kappa shape index (κ1) is 23.1. The molecule has 0 amide bonds. The van der Waals surface area contributed by atoms with Gasteiger partial charge in [-0.25, -0.2) is 4.39 Å². The molecule has 3 aromatic rings. The molecule has 2 atom stereocenters. The zero-order valence-corrected chi connectivity index (χ0v) is 21.3. The van der Waals surface area contributed by atoms with Gasteiger partial charge in [-0.15, -0.1) is 0 Å². The Hall–Kier alpha value is -3.04. The molecular formula is C28H33FN6O2. The van der Waals surface area contributed by atoms with Crippen molar-refractivity contribution in [2.24, 2.45) is 0 Å². The number of aromatic nitrogens is 3. The minimum absolute atomic E-state index is 0.0615. The number of rotatable bonds is 6. The Balaban J connectivity index is 1.31. The number of fused-ring (bicyclic) bond motifs is 4. The fourth-order valence-corrected chi connectivity index (χ4v) is 6.99. The summed E-state index contributed by atoms with van der Waals surface area (Å²) in [6, 6.07) is 8.43. The van der Waals surface area contributed by atoms with Crippen molar-refractivity contribution in [1.29, 1.82) is 0 Å². The van der Waals surface area contributed by atoms with Gasteiger partial charge in [-0.3, -0.25) is 9.88 Å². The lowest BCUT2D eigenvalue weighted by atomic mass is 9.95. The van der Waals surface area contributed by atoms with E-state index >= 15 is 4.39 Å². The monoisotopic (exact) mass is 504 g/mol. The predicted molar refractivity (Wildman–Crippen MR) is 140 cm³/mol. The molecular weight excluding hydrogens is 471 g/mol. The van der Waals surface area contributed by atoms with Crippen LogP contribution in [-0.4, -0.2) is 77.4 Å². The normalized spacial score (nSPS) is 24.5. The number of benzene rings is 1. The Kier molecular flexibility index (Phi) is 5.66. The number of ether oxygens (including phenoxy) is 2. The van der Waals surface area contributed by atoms with Crippen LogP contribution in [0.5, 0.6) is 11.8 Å². The number of anilines is 1. The average Bonchev–Trinajstić information content (AvgIpc) is 3.61. The van der Waals surface area contributed by atoms with Crippen molar-refractivity contribution < 1.29 is 13.9 Å². The van der Waals surface area contributed by atoms with E-state index in [1.165, 1.54) is 12.8 Å². The van der Waals surface area contributed by atoms with Crippen molar-refractivity contribution in [2.45, 2.75) is 56.1 Å². The molecule has 8 nitrogen and oxygen atoms in total. The number of hydrogen-bond acceptors (Lipinski definition) is 8. The summed E-state index contributed by atoms with van der Waals surface area (Å²) in [6.07, 6.45) is 8.65. The summed E-state index contributed by atoms with van der Waals surface area (Å²) >= 11 is 0. The maximum atomic E-state index is 16.2. The van der Waals surface area contributed by atoms with Crippen LogP contribution >= 0.6 is 0 Å². The second-order valence-corrected chi connectivity index (χ2v) is 11.0. The minimum atomic E-state index is -0.477. The van der Waals surface area contributed by atoms with Gasteiger partial charge < -0.3 is 19.7 Å². The molecule has 0 aliphatic carbocycles. The zero-order chi connectivity index (χ0) is 25.0. The number of hydrogen-bond donors (Lipinski definition) is 1. The minimum Gasteiger partial charge on any atom is -0.496 e. The third kappa shape index (κ3) is 3.90. The van der Waals surface area contributed by atoms with Crippen LogP contribution in [0, 0.1) is 5.82 Å². The Morgan fingerprint density at radius 3 is 2.59 bits per heavy atom. The maximum Gasteiger partial charge on any atom is 0.319 e. The van der Waals surface area contributed by atoms with Crippen molar-refractivity contribution in [3.05, 3.63) is 36.3 Å². The van der Waals surface area contributed by atoms with Gasteiger partial charge >= 0.3 is 6.01 Å². The van der Waals surface area contributed by atoms with E-state index in [0.717, 1.165) is 51.9 Å². The molecule has 1 N–H and O–H groups in total. The zero-order valence-electron chi connectivity index (χ0n) is 21.3. The highest BCUT2D eigenvalue weighted by atomic mass is 19.1. The summed E-state index contributed by atoms with van der Waals surface area (Å²) in [6.45, 7) is 4.45.